The monoisotopic (exact) mass is 557 g/mol. The minimum absolute atomic E-state index is 0.0643. The molecule has 2 unspecified atom stereocenters. The number of rotatable bonds is 9. The summed E-state index contributed by atoms with van der Waals surface area (Å²) < 4.78 is 27.7. The predicted octanol–water partition coefficient (Wildman–Crippen LogP) is 4.74. The van der Waals surface area contributed by atoms with E-state index in [4.69, 9.17) is 23.2 Å². The molecule has 0 saturated carbocycles. The molecule has 204 valence electrons. The maximum Gasteiger partial charge on any atom is 0.322 e. The molecule has 3 amide bonds. The Morgan fingerprint density at radius 2 is 1.78 bits per heavy atom. The quantitative estimate of drug-likeness (QED) is 0.429. The number of alkyl halides is 2. The molecule has 7 nitrogen and oxygen atoms in total. The smallest absolute Gasteiger partial charge is 0.322 e. The molecular formula is C26H35Cl2F2N5O2. The van der Waals surface area contributed by atoms with E-state index in [1.807, 2.05) is 19.1 Å². The summed E-state index contributed by atoms with van der Waals surface area (Å²) in [6.45, 7) is 7.11. The highest BCUT2D eigenvalue weighted by Crippen LogP contribution is 2.34. The van der Waals surface area contributed by atoms with Crippen LogP contribution in [0.3, 0.4) is 0 Å². The van der Waals surface area contributed by atoms with Crippen LogP contribution in [0, 0.1) is 5.92 Å². The van der Waals surface area contributed by atoms with Gasteiger partial charge in [-0.1, -0.05) is 49.5 Å². The highest BCUT2D eigenvalue weighted by molar-refractivity contribution is 6.35. The van der Waals surface area contributed by atoms with E-state index < -0.39 is 29.9 Å². The Bertz CT molecular complexity index is 1030. The van der Waals surface area contributed by atoms with E-state index in [1.54, 1.807) is 11.0 Å². The number of amides is 3. The Hall–Kier alpha value is -2.10. The number of imide groups is 1. The third-order valence-electron chi connectivity index (χ3n) is 7.42. The van der Waals surface area contributed by atoms with Crippen molar-refractivity contribution in [1.29, 1.82) is 0 Å². The molecule has 0 aromatic heterocycles. The van der Waals surface area contributed by atoms with Crippen LogP contribution in [-0.2, 0) is 4.79 Å². The minimum atomic E-state index is -2.77. The van der Waals surface area contributed by atoms with Gasteiger partial charge in [-0.25, -0.2) is 13.6 Å². The van der Waals surface area contributed by atoms with Crippen LogP contribution >= 0.6 is 23.2 Å². The summed E-state index contributed by atoms with van der Waals surface area (Å²) in [4.78, 5) is 31.3. The number of hydrogen-bond donors (Lipinski definition) is 2. The average Bonchev–Trinajstić information content (AvgIpc) is 3.30. The fourth-order valence-corrected chi connectivity index (χ4v) is 6.19. The normalized spacial score (nSPS) is 25.4. The molecule has 1 aromatic rings. The number of nitrogens with one attached hydrogen (secondary N) is 2. The van der Waals surface area contributed by atoms with E-state index in [0.29, 0.717) is 16.5 Å². The van der Waals surface area contributed by atoms with Crippen LogP contribution in [0.1, 0.15) is 39.5 Å². The number of carbonyl (C=O) groups is 2. The lowest BCUT2D eigenvalue weighted by Crippen LogP contribution is -2.56. The third kappa shape index (κ3) is 6.67. The first kappa shape index (κ1) is 27.9. The van der Waals surface area contributed by atoms with Gasteiger partial charge in [-0.3, -0.25) is 15.0 Å². The lowest BCUT2D eigenvalue weighted by molar-refractivity contribution is -0.125. The summed E-state index contributed by atoms with van der Waals surface area (Å²) in [6.07, 6.45) is 4.16. The first-order valence-electron chi connectivity index (χ1n) is 12.9. The van der Waals surface area contributed by atoms with Crippen LogP contribution in [0.5, 0.6) is 0 Å². The number of carbonyl (C=O) groups excluding carboxylic acids is 2. The van der Waals surface area contributed by atoms with Gasteiger partial charge < -0.3 is 15.1 Å². The van der Waals surface area contributed by atoms with Crippen LogP contribution in [0.25, 0.3) is 0 Å². The Kier molecular flexibility index (Phi) is 8.55. The number of urea groups is 1. The zero-order chi connectivity index (χ0) is 26.8. The van der Waals surface area contributed by atoms with Gasteiger partial charge in [0, 0.05) is 67.1 Å². The van der Waals surface area contributed by atoms with E-state index in [1.165, 1.54) is 0 Å². The van der Waals surface area contributed by atoms with Crippen molar-refractivity contribution < 1.29 is 18.4 Å². The molecule has 3 heterocycles. The minimum Gasteiger partial charge on any atom is -0.371 e. The van der Waals surface area contributed by atoms with Gasteiger partial charge >= 0.3 is 6.03 Å². The standard InChI is InChI=1S/C26H35Cl2F2N5O2/c1-3-4-5-22(35-10-8-34(9-11-35)21-13-19(27)12-20(28)14-21)18(2)15-25(23(36)31-24(37)32-25)16-33-7-6-26(29,30)17-33/h5,12-14,18H,3-4,6-11,15-17H2,1-2H3,(H2,31,32,36,37)/b22-5+. The van der Waals surface area contributed by atoms with Crippen LogP contribution < -0.4 is 15.5 Å². The second kappa shape index (κ2) is 11.3. The summed E-state index contributed by atoms with van der Waals surface area (Å²) in [5.41, 5.74) is 0.850. The molecule has 37 heavy (non-hydrogen) atoms. The van der Waals surface area contributed by atoms with Crippen molar-refractivity contribution in [1.82, 2.24) is 20.4 Å². The topological polar surface area (TPSA) is 67.9 Å². The molecular weight excluding hydrogens is 523 g/mol. The van der Waals surface area contributed by atoms with Gasteiger partial charge in [0.15, 0.2) is 0 Å². The van der Waals surface area contributed by atoms with Crippen LogP contribution in [-0.4, -0.2) is 79.0 Å². The van der Waals surface area contributed by atoms with E-state index in [9.17, 15) is 18.4 Å². The predicted molar refractivity (Wildman–Crippen MR) is 142 cm³/mol. The molecule has 1 aromatic carbocycles. The number of halogens is 4. The summed E-state index contributed by atoms with van der Waals surface area (Å²) in [5.74, 6) is -3.30. The highest BCUT2D eigenvalue weighted by Gasteiger charge is 2.51. The number of benzene rings is 1. The highest BCUT2D eigenvalue weighted by atomic mass is 35.5. The lowest BCUT2D eigenvalue weighted by atomic mass is 9.85. The molecule has 0 spiro atoms. The molecule has 11 heteroatoms. The van der Waals surface area contributed by atoms with Gasteiger partial charge in [0.1, 0.15) is 5.54 Å². The van der Waals surface area contributed by atoms with Crippen molar-refractivity contribution in [3.05, 3.63) is 40.0 Å². The maximum atomic E-state index is 13.9. The third-order valence-corrected chi connectivity index (χ3v) is 7.85. The number of piperazine rings is 1. The lowest BCUT2D eigenvalue weighted by Gasteiger charge is -2.41. The molecule has 2 atom stereocenters. The van der Waals surface area contributed by atoms with E-state index >= 15 is 0 Å². The van der Waals surface area contributed by atoms with Gasteiger partial charge in [0.05, 0.1) is 6.54 Å². The Balaban J connectivity index is 1.48. The number of likely N-dealkylation sites (tertiary alicyclic amines) is 1. The van der Waals surface area contributed by atoms with Crippen molar-refractivity contribution in [2.24, 2.45) is 5.92 Å². The largest absolute Gasteiger partial charge is 0.371 e. The molecule has 0 radical (unpaired) electrons. The first-order chi connectivity index (χ1) is 17.5. The van der Waals surface area contributed by atoms with E-state index in [-0.39, 0.29) is 25.4 Å². The van der Waals surface area contributed by atoms with E-state index in [0.717, 1.165) is 50.4 Å². The maximum absolute atomic E-state index is 13.9. The summed E-state index contributed by atoms with van der Waals surface area (Å²) in [7, 11) is 0. The number of unbranched alkanes of at least 4 members (excludes halogenated alkanes) is 1. The van der Waals surface area contributed by atoms with Crippen molar-refractivity contribution in [2.75, 3.05) is 50.7 Å². The molecule has 0 bridgehead atoms. The van der Waals surface area contributed by atoms with Crippen LogP contribution in [0.15, 0.2) is 30.0 Å². The van der Waals surface area contributed by atoms with Gasteiger partial charge in [-0.2, -0.15) is 0 Å². The molecule has 3 aliphatic heterocycles. The van der Waals surface area contributed by atoms with Crippen LogP contribution in [0.2, 0.25) is 10.0 Å². The summed E-state index contributed by atoms with van der Waals surface area (Å²) in [6, 6.07) is 4.96. The second-order valence-corrected chi connectivity index (χ2v) is 11.3. The second-order valence-electron chi connectivity index (χ2n) is 10.4. The molecule has 2 N–H and O–H groups in total. The SMILES string of the molecule is CCC/C=C(\C(C)CC1(CN2CCC(F)(F)C2)NC(=O)NC1=O)N1CCN(c2cc(Cl)cc(Cl)c2)CC1. The van der Waals surface area contributed by atoms with Gasteiger partial charge in [-0.05, 0) is 37.0 Å². The fourth-order valence-electron chi connectivity index (χ4n) is 5.68. The summed E-state index contributed by atoms with van der Waals surface area (Å²) in [5, 5.41) is 6.32. The Morgan fingerprint density at radius 3 is 2.32 bits per heavy atom. The van der Waals surface area contributed by atoms with E-state index in [2.05, 4.69) is 33.4 Å². The van der Waals surface area contributed by atoms with Crippen molar-refractivity contribution in [3.8, 4) is 0 Å². The Labute approximate surface area is 227 Å². The first-order valence-corrected chi connectivity index (χ1v) is 13.7. The Morgan fingerprint density at radius 1 is 1.11 bits per heavy atom. The van der Waals surface area contributed by atoms with Crippen molar-refractivity contribution in [2.45, 2.75) is 51.0 Å². The number of hydrogen-bond acceptors (Lipinski definition) is 5. The average molecular weight is 559 g/mol. The number of anilines is 1. The number of allylic oxidation sites excluding steroid dienone is 2. The molecule has 3 aliphatic rings. The summed E-state index contributed by atoms with van der Waals surface area (Å²) >= 11 is 12.4. The number of nitrogens with zero attached hydrogens (tertiary/aromatic N) is 3. The van der Waals surface area contributed by atoms with Gasteiger partial charge in [-0.15, -0.1) is 0 Å². The molecule has 4 rings (SSSR count). The van der Waals surface area contributed by atoms with Gasteiger partial charge in [0.25, 0.3) is 11.8 Å². The zero-order valence-electron chi connectivity index (χ0n) is 21.3. The van der Waals surface area contributed by atoms with Crippen molar-refractivity contribution in [3.63, 3.8) is 0 Å². The van der Waals surface area contributed by atoms with Gasteiger partial charge in [0.2, 0.25) is 0 Å². The fraction of sp³-hybridized carbons (Fsp3) is 0.615. The van der Waals surface area contributed by atoms with Crippen LogP contribution in [0.4, 0.5) is 19.3 Å². The zero-order valence-corrected chi connectivity index (χ0v) is 22.8. The molecule has 0 aliphatic carbocycles. The van der Waals surface area contributed by atoms with Crippen molar-refractivity contribution >= 4 is 40.8 Å². The molecule has 3 fully saturated rings. The molecule has 3 saturated heterocycles.